The number of carboxylic acids is 1. The SMILES string of the molecule is COc1ccccc1C=CCN1CCC2(CC1)NC(=O)CC2C(=O)O. The number of benzene rings is 1. The summed E-state index contributed by atoms with van der Waals surface area (Å²) in [4.78, 5) is 25.4. The summed E-state index contributed by atoms with van der Waals surface area (Å²) >= 11 is 0. The van der Waals surface area contributed by atoms with Crippen LogP contribution in [0.2, 0.25) is 0 Å². The molecule has 0 aliphatic carbocycles. The zero-order chi connectivity index (χ0) is 17.9. The van der Waals surface area contributed by atoms with Crippen LogP contribution in [0, 0.1) is 5.92 Å². The number of ether oxygens (including phenoxy) is 1. The van der Waals surface area contributed by atoms with E-state index in [9.17, 15) is 14.7 Å². The van der Waals surface area contributed by atoms with Crippen molar-refractivity contribution in [3.8, 4) is 5.75 Å². The Morgan fingerprint density at radius 2 is 2.12 bits per heavy atom. The van der Waals surface area contributed by atoms with Crippen LogP contribution in [0.25, 0.3) is 6.08 Å². The van der Waals surface area contributed by atoms with Gasteiger partial charge in [0.25, 0.3) is 0 Å². The summed E-state index contributed by atoms with van der Waals surface area (Å²) in [7, 11) is 1.66. The van der Waals surface area contributed by atoms with Gasteiger partial charge in [0.2, 0.25) is 5.91 Å². The molecule has 25 heavy (non-hydrogen) atoms. The molecule has 0 saturated carbocycles. The number of likely N-dealkylation sites (tertiary alicyclic amines) is 1. The van der Waals surface area contributed by atoms with Crippen molar-refractivity contribution in [2.24, 2.45) is 5.92 Å². The molecule has 1 spiro atoms. The van der Waals surface area contributed by atoms with Gasteiger partial charge >= 0.3 is 5.97 Å². The number of methoxy groups -OCH3 is 1. The fourth-order valence-electron chi connectivity index (χ4n) is 3.86. The number of piperidine rings is 1. The third-order valence-corrected chi connectivity index (χ3v) is 5.29. The lowest BCUT2D eigenvalue weighted by Crippen LogP contribution is -2.55. The van der Waals surface area contributed by atoms with Gasteiger partial charge in [0.1, 0.15) is 5.75 Å². The van der Waals surface area contributed by atoms with Gasteiger partial charge in [-0.1, -0.05) is 30.4 Å². The lowest BCUT2D eigenvalue weighted by atomic mass is 9.78. The molecule has 2 N–H and O–H groups in total. The highest BCUT2D eigenvalue weighted by Crippen LogP contribution is 2.36. The second kappa shape index (κ2) is 7.27. The van der Waals surface area contributed by atoms with Crippen molar-refractivity contribution in [3.63, 3.8) is 0 Å². The van der Waals surface area contributed by atoms with Crippen LogP contribution >= 0.6 is 0 Å². The number of rotatable bonds is 5. The van der Waals surface area contributed by atoms with Crippen molar-refractivity contribution in [3.05, 3.63) is 35.9 Å². The van der Waals surface area contributed by atoms with Crippen molar-refractivity contribution in [2.45, 2.75) is 24.8 Å². The zero-order valence-corrected chi connectivity index (χ0v) is 14.4. The number of para-hydroxylation sites is 1. The smallest absolute Gasteiger partial charge is 0.309 e. The maximum atomic E-state index is 11.7. The predicted molar refractivity (Wildman–Crippen MR) is 94.3 cm³/mol. The average molecular weight is 344 g/mol. The van der Waals surface area contributed by atoms with Crippen LogP contribution in [0.3, 0.4) is 0 Å². The lowest BCUT2D eigenvalue weighted by molar-refractivity contribution is -0.144. The van der Waals surface area contributed by atoms with Gasteiger partial charge in [-0.3, -0.25) is 14.5 Å². The molecular weight excluding hydrogens is 320 g/mol. The van der Waals surface area contributed by atoms with Gasteiger partial charge in [-0.05, 0) is 18.9 Å². The van der Waals surface area contributed by atoms with Crippen molar-refractivity contribution < 1.29 is 19.4 Å². The monoisotopic (exact) mass is 344 g/mol. The third-order valence-electron chi connectivity index (χ3n) is 5.29. The molecule has 0 aromatic heterocycles. The molecule has 1 atom stereocenters. The second-order valence-corrected chi connectivity index (χ2v) is 6.74. The number of nitrogens with one attached hydrogen (secondary N) is 1. The molecule has 0 bridgehead atoms. The van der Waals surface area contributed by atoms with E-state index in [1.165, 1.54) is 0 Å². The molecule has 1 amide bonds. The van der Waals surface area contributed by atoms with Crippen LogP contribution < -0.4 is 10.1 Å². The van der Waals surface area contributed by atoms with Gasteiger partial charge in [0, 0.05) is 31.6 Å². The fraction of sp³-hybridized carbons (Fsp3) is 0.474. The largest absolute Gasteiger partial charge is 0.496 e. The lowest BCUT2D eigenvalue weighted by Gasteiger charge is -2.41. The Balaban J connectivity index is 1.57. The molecule has 134 valence electrons. The van der Waals surface area contributed by atoms with E-state index >= 15 is 0 Å². The summed E-state index contributed by atoms with van der Waals surface area (Å²) in [6.45, 7) is 2.35. The summed E-state index contributed by atoms with van der Waals surface area (Å²) in [5, 5.41) is 12.3. The van der Waals surface area contributed by atoms with Crippen LogP contribution in [-0.4, -0.2) is 54.2 Å². The molecule has 2 heterocycles. The van der Waals surface area contributed by atoms with Gasteiger partial charge in [-0.15, -0.1) is 0 Å². The number of hydrogen-bond donors (Lipinski definition) is 2. The molecule has 2 aliphatic heterocycles. The molecule has 1 aromatic rings. The number of amides is 1. The topological polar surface area (TPSA) is 78.9 Å². The minimum absolute atomic E-state index is 0.100. The molecule has 2 aliphatic rings. The maximum absolute atomic E-state index is 11.7. The van der Waals surface area contributed by atoms with Crippen molar-refractivity contribution in [1.29, 1.82) is 0 Å². The Kier molecular flexibility index (Phi) is 5.08. The van der Waals surface area contributed by atoms with Gasteiger partial charge in [0.05, 0.1) is 18.6 Å². The Hall–Kier alpha value is -2.34. The number of carbonyl (C=O) groups excluding carboxylic acids is 1. The van der Waals surface area contributed by atoms with Gasteiger partial charge in [-0.25, -0.2) is 0 Å². The zero-order valence-electron chi connectivity index (χ0n) is 14.4. The van der Waals surface area contributed by atoms with Crippen molar-refractivity contribution in [2.75, 3.05) is 26.7 Å². The number of carboxylic acid groups (broad SMARTS) is 1. The molecule has 6 nitrogen and oxygen atoms in total. The number of carbonyl (C=O) groups is 2. The molecule has 1 aromatic carbocycles. The predicted octanol–water partition coefficient (Wildman–Crippen LogP) is 1.76. The quantitative estimate of drug-likeness (QED) is 0.851. The standard InChI is InChI=1S/C19H24N2O4/c1-25-16-7-3-2-5-14(16)6-4-10-21-11-8-19(9-12-21)15(18(23)24)13-17(22)20-19/h2-7,15H,8-13H2,1H3,(H,20,22)(H,23,24). The minimum Gasteiger partial charge on any atom is -0.496 e. The summed E-state index contributed by atoms with van der Waals surface area (Å²) in [5.41, 5.74) is 0.471. The summed E-state index contributed by atoms with van der Waals surface area (Å²) in [6.07, 6.45) is 5.60. The van der Waals surface area contributed by atoms with E-state index in [2.05, 4.69) is 16.3 Å². The highest BCUT2D eigenvalue weighted by molar-refractivity contribution is 5.88. The molecule has 2 fully saturated rings. The van der Waals surface area contributed by atoms with Crippen molar-refractivity contribution >= 4 is 18.0 Å². The molecule has 3 rings (SSSR count). The van der Waals surface area contributed by atoms with Gasteiger partial charge in [0.15, 0.2) is 0 Å². The third kappa shape index (κ3) is 3.69. The first kappa shape index (κ1) is 17.5. The molecule has 6 heteroatoms. The van der Waals surface area contributed by atoms with E-state index in [1.807, 2.05) is 30.3 Å². The first-order valence-corrected chi connectivity index (χ1v) is 8.60. The highest BCUT2D eigenvalue weighted by atomic mass is 16.5. The molecular formula is C19H24N2O4. The van der Waals surface area contributed by atoms with E-state index in [-0.39, 0.29) is 12.3 Å². The Labute approximate surface area is 147 Å². The minimum atomic E-state index is -0.872. The number of aliphatic carboxylic acids is 1. The van der Waals surface area contributed by atoms with E-state index in [0.29, 0.717) is 12.8 Å². The second-order valence-electron chi connectivity index (χ2n) is 6.74. The van der Waals surface area contributed by atoms with E-state index in [1.54, 1.807) is 7.11 Å². The fourth-order valence-corrected chi connectivity index (χ4v) is 3.86. The van der Waals surface area contributed by atoms with Crippen LogP contribution in [0.5, 0.6) is 5.75 Å². The normalized spacial score (nSPS) is 23.1. The van der Waals surface area contributed by atoms with Crippen LogP contribution in [0.4, 0.5) is 0 Å². The van der Waals surface area contributed by atoms with Gasteiger partial charge in [-0.2, -0.15) is 0 Å². The van der Waals surface area contributed by atoms with Crippen LogP contribution in [0.15, 0.2) is 30.3 Å². The first-order valence-electron chi connectivity index (χ1n) is 8.60. The molecule has 2 saturated heterocycles. The van der Waals surface area contributed by atoms with Crippen molar-refractivity contribution in [1.82, 2.24) is 10.2 Å². The molecule has 1 unspecified atom stereocenters. The summed E-state index contributed by atoms with van der Waals surface area (Å²) in [6, 6.07) is 7.85. The van der Waals surface area contributed by atoms with E-state index in [0.717, 1.165) is 30.9 Å². The summed E-state index contributed by atoms with van der Waals surface area (Å²) < 4.78 is 5.33. The maximum Gasteiger partial charge on any atom is 0.309 e. The number of hydrogen-bond acceptors (Lipinski definition) is 4. The average Bonchev–Trinajstić information content (AvgIpc) is 2.93. The Morgan fingerprint density at radius 1 is 1.40 bits per heavy atom. The summed E-state index contributed by atoms with van der Waals surface area (Å²) in [5.74, 6) is -0.777. The van der Waals surface area contributed by atoms with Gasteiger partial charge < -0.3 is 15.2 Å². The molecule has 0 radical (unpaired) electrons. The van der Waals surface area contributed by atoms with Crippen LogP contribution in [-0.2, 0) is 9.59 Å². The Morgan fingerprint density at radius 3 is 2.80 bits per heavy atom. The number of nitrogens with zero attached hydrogens (tertiary/aromatic N) is 1. The Bertz CT molecular complexity index is 678. The van der Waals surface area contributed by atoms with Crippen LogP contribution in [0.1, 0.15) is 24.8 Å². The van der Waals surface area contributed by atoms with E-state index in [4.69, 9.17) is 4.74 Å². The first-order chi connectivity index (χ1) is 12.0. The highest BCUT2D eigenvalue weighted by Gasteiger charge is 2.51. The van der Waals surface area contributed by atoms with E-state index < -0.39 is 17.4 Å².